The van der Waals surface area contributed by atoms with Crippen LogP contribution in [0.2, 0.25) is 0 Å². The molecule has 1 saturated heterocycles. The van der Waals surface area contributed by atoms with Gasteiger partial charge >= 0.3 is 0 Å². The highest BCUT2D eigenvalue weighted by molar-refractivity contribution is 5.69. The fourth-order valence-electron chi connectivity index (χ4n) is 3.20. The van der Waals surface area contributed by atoms with Gasteiger partial charge in [0.15, 0.2) is 5.75 Å². The van der Waals surface area contributed by atoms with E-state index in [-0.39, 0.29) is 11.9 Å². The number of rotatable bonds is 4. The lowest BCUT2D eigenvalue weighted by Gasteiger charge is -2.22. The Hall–Kier alpha value is -3.30. The van der Waals surface area contributed by atoms with E-state index in [1.807, 2.05) is 6.07 Å². The summed E-state index contributed by atoms with van der Waals surface area (Å²) in [6.07, 6.45) is 2.92. The molecule has 136 valence electrons. The number of hydrogen-bond donors (Lipinski definition) is 2. The molecule has 27 heavy (non-hydrogen) atoms. The lowest BCUT2D eigenvalue weighted by Crippen LogP contribution is -2.12. The normalized spacial score (nSPS) is 16.6. The topological polar surface area (TPSA) is 91.2 Å². The highest BCUT2D eigenvalue weighted by Crippen LogP contribution is 2.41. The van der Waals surface area contributed by atoms with Crippen LogP contribution in [0.4, 0.5) is 0 Å². The first kappa shape index (κ1) is 17.1. The second-order valence-electron chi connectivity index (χ2n) is 6.46. The third-order valence-corrected chi connectivity index (χ3v) is 4.57. The van der Waals surface area contributed by atoms with E-state index in [0.29, 0.717) is 29.4 Å². The summed E-state index contributed by atoms with van der Waals surface area (Å²) in [5.74, 6) is 1.35. The van der Waals surface area contributed by atoms with E-state index in [0.717, 1.165) is 30.5 Å². The first-order valence-electron chi connectivity index (χ1n) is 8.92. The molecule has 6 heteroatoms. The Kier molecular flexibility index (Phi) is 4.77. The molecule has 4 rings (SSSR count). The summed E-state index contributed by atoms with van der Waals surface area (Å²) < 4.78 is 12.1. The van der Waals surface area contributed by atoms with Crippen LogP contribution in [0.1, 0.15) is 36.6 Å². The second kappa shape index (κ2) is 7.52. The van der Waals surface area contributed by atoms with Gasteiger partial charge in [-0.15, -0.1) is 0 Å². The maximum atomic E-state index is 9.83. The number of hydrogen-bond acceptors (Lipinski definition) is 5. The molecule has 1 aromatic heterocycles. The van der Waals surface area contributed by atoms with Gasteiger partial charge in [0.2, 0.25) is 0 Å². The van der Waals surface area contributed by atoms with Gasteiger partial charge in [-0.2, -0.15) is 10.4 Å². The SMILES string of the molecule is N#Cc1ccc(Oc2c(-c3cccc(O)c3)n[nH]c2C2CCCCO2)cc1. The van der Waals surface area contributed by atoms with Crippen LogP contribution in [-0.2, 0) is 4.74 Å². The van der Waals surface area contributed by atoms with Crippen LogP contribution in [-0.4, -0.2) is 21.9 Å². The van der Waals surface area contributed by atoms with Gasteiger partial charge in [-0.05, 0) is 55.7 Å². The molecule has 3 aromatic rings. The molecule has 1 aliphatic heterocycles. The minimum Gasteiger partial charge on any atom is -0.508 e. The molecule has 2 aromatic carbocycles. The highest BCUT2D eigenvalue weighted by Gasteiger charge is 2.26. The van der Waals surface area contributed by atoms with E-state index < -0.39 is 0 Å². The summed E-state index contributed by atoms with van der Waals surface area (Å²) in [5, 5.41) is 26.3. The third kappa shape index (κ3) is 3.64. The zero-order valence-electron chi connectivity index (χ0n) is 14.7. The minimum absolute atomic E-state index is 0.106. The Bertz CT molecular complexity index is 967. The summed E-state index contributed by atoms with van der Waals surface area (Å²) >= 11 is 0. The Balaban J connectivity index is 1.74. The largest absolute Gasteiger partial charge is 0.508 e. The number of nitrogens with zero attached hydrogens (tertiary/aromatic N) is 2. The predicted molar refractivity (Wildman–Crippen MR) is 99.5 cm³/mol. The Labute approximate surface area is 157 Å². The fourth-order valence-corrected chi connectivity index (χ4v) is 3.20. The van der Waals surface area contributed by atoms with Crippen LogP contribution in [0.15, 0.2) is 48.5 Å². The number of phenols is 1. The molecule has 6 nitrogen and oxygen atoms in total. The summed E-state index contributed by atoms with van der Waals surface area (Å²) in [4.78, 5) is 0. The van der Waals surface area contributed by atoms with Gasteiger partial charge in [-0.3, -0.25) is 5.10 Å². The molecule has 0 bridgehead atoms. The van der Waals surface area contributed by atoms with E-state index >= 15 is 0 Å². The quantitative estimate of drug-likeness (QED) is 0.703. The van der Waals surface area contributed by atoms with E-state index in [1.54, 1.807) is 42.5 Å². The Morgan fingerprint density at radius 1 is 1.19 bits per heavy atom. The molecule has 1 aliphatic rings. The molecule has 1 atom stereocenters. The first-order valence-corrected chi connectivity index (χ1v) is 8.92. The summed E-state index contributed by atoms with van der Waals surface area (Å²) in [6, 6.07) is 15.9. The minimum atomic E-state index is -0.106. The molecule has 1 unspecified atom stereocenters. The average Bonchev–Trinajstić information content (AvgIpc) is 3.13. The molecule has 2 N–H and O–H groups in total. The van der Waals surface area contributed by atoms with Gasteiger partial charge in [0, 0.05) is 12.2 Å². The summed E-state index contributed by atoms with van der Waals surface area (Å²) in [6.45, 7) is 0.710. The van der Waals surface area contributed by atoms with Crippen molar-refractivity contribution >= 4 is 0 Å². The van der Waals surface area contributed by atoms with Crippen molar-refractivity contribution in [2.45, 2.75) is 25.4 Å². The summed E-state index contributed by atoms with van der Waals surface area (Å²) in [7, 11) is 0. The van der Waals surface area contributed by atoms with Crippen LogP contribution in [0.25, 0.3) is 11.3 Å². The zero-order chi connectivity index (χ0) is 18.6. The number of ether oxygens (including phenoxy) is 2. The maximum absolute atomic E-state index is 9.83. The van der Waals surface area contributed by atoms with E-state index in [1.165, 1.54) is 0 Å². The lowest BCUT2D eigenvalue weighted by molar-refractivity contribution is 0.0112. The van der Waals surface area contributed by atoms with Crippen molar-refractivity contribution in [2.24, 2.45) is 0 Å². The van der Waals surface area contributed by atoms with Gasteiger partial charge < -0.3 is 14.6 Å². The number of aromatic amines is 1. The Morgan fingerprint density at radius 2 is 2.04 bits per heavy atom. The third-order valence-electron chi connectivity index (χ3n) is 4.57. The number of H-pyrrole nitrogens is 1. The Morgan fingerprint density at radius 3 is 2.74 bits per heavy atom. The van der Waals surface area contributed by atoms with Gasteiger partial charge in [-0.25, -0.2) is 0 Å². The first-order chi connectivity index (χ1) is 13.2. The standard InChI is InChI=1S/C21H19N3O3/c22-13-14-7-9-17(10-8-14)27-21-19(15-4-3-5-16(25)12-15)23-24-20(21)18-6-1-2-11-26-18/h3-5,7-10,12,18,25H,1-2,6,11H2,(H,23,24). The lowest BCUT2D eigenvalue weighted by atomic mass is 10.0. The van der Waals surface area contributed by atoms with Crippen LogP contribution >= 0.6 is 0 Å². The van der Waals surface area contributed by atoms with E-state index in [9.17, 15) is 5.11 Å². The highest BCUT2D eigenvalue weighted by atomic mass is 16.5. The monoisotopic (exact) mass is 361 g/mol. The number of benzene rings is 2. The predicted octanol–water partition coefficient (Wildman–Crippen LogP) is 4.69. The summed E-state index contributed by atoms with van der Waals surface area (Å²) in [5.41, 5.74) is 2.72. The molecular weight excluding hydrogens is 342 g/mol. The van der Waals surface area contributed by atoms with Crippen molar-refractivity contribution < 1.29 is 14.6 Å². The van der Waals surface area contributed by atoms with Crippen molar-refractivity contribution in [3.05, 3.63) is 59.8 Å². The van der Waals surface area contributed by atoms with Crippen LogP contribution < -0.4 is 4.74 Å². The molecule has 0 amide bonds. The molecule has 0 spiro atoms. The maximum Gasteiger partial charge on any atom is 0.178 e. The van der Waals surface area contributed by atoms with Crippen molar-refractivity contribution in [1.82, 2.24) is 10.2 Å². The molecular formula is C21H19N3O3. The van der Waals surface area contributed by atoms with Crippen LogP contribution in [0.5, 0.6) is 17.2 Å². The second-order valence-corrected chi connectivity index (χ2v) is 6.46. The van der Waals surface area contributed by atoms with Crippen molar-refractivity contribution in [3.8, 4) is 34.6 Å². The fraction of sp³-hybridized carbons (Fsp3) is 0.238. The molecule has 0 aliphatic carbocycles. The number of nitriles is 1. The van der Waals surface area contributed by atoms with Crippen molar-refractivity contribution in [1.29, 1.82) is 5.26 Å². The number of aromatic hydroxyl groups is 1. The van der Waals surface area contributed by atoms with E-state index in [2.05, 4.69) is 16.3 Å². The molecule has 2 heterocycles. The molecule has 1 fully saturated rings. The van der Waals surface area contributed by atoms with Crippen LogP contribution in [0, 0.1) is 11.3 Å². The number of phenolic OH excluding ortho intramolecular Hbond substituents is 1. The van der Waals surface area contributed by atoms with Gasteiger partial charge in [0.1, 0.15) is 29.0 Å². The number of nitrogens with one attached hydrogen (secondary N) is 1. The smallest absolute Gasteiger partial charge is 0.178 e. The number of aromatic nitrogens is 2. The van der Waals surface area contributed by atoms with Gasteiger partial charge in [0.25, 0.3) is 0 Å². The van der Waals surface area contributed by atoms with Crippen molar-refractivity contribution in [3.63, 3.8) is 0 Å². The van der Waals surface area contributed by atoms with Crippen LogP contribution in [0.3, 0.4) is 0 Å². The average molecular weight is 361 g/mol. The van der Waals surface area contributed by atoms with E-state index in [4.69, 9.17) is 14.7 Å². The van der Waals surface area contributed by atoms with Crippen molar-refractivity contribution in [2.75, 3.05) is 6.61 Å². The molecule has 0 saturated carbocycles. The van der Waals surface area contributed by atoms with Gasteiger partial charge in [0.05, 0.1) is 11.6 Å². The van der Waals surface area contributed by atoms with Gasteiger partial charge in [-0.1, -0.05) is 12.1 Å². The molecule has 0 radical (unpaired) electrons. The zero-order valence-corrected chi connectivity index (χ0v) is 14.7.